The number of fused-ring (bicyclic) bond motifs is 1. The largest absolute Gasteiger partial charge is 0.481 e. The Morgan fingerprint density at radius 1 is 1.53 bits per heavy atom. The molecule has 1 atom stereocenters. The molecule has 0 fully saturated rings. The van der Waals surface area contributed by atoms with Crippen LogP contribution in [0.25, 0.3) is 0 Å². The minimum Gasteiger partial charge on any atom is -0.481 e. The standard InChI is InChI=1S/C14H18N2O3/c1-3-9(14(18)19)8-15-11-4-5-12-10(6-11)7-13(17)16(12)2/h4-6,9,15H,3,7-8H2,1-2H3,(H,18,19). The van der Waals surface area contributed by atoms with Crippen molar-refractivity contribution in [3.63, 3.8) is 0 Å². The van der Waals surface area contributed by atoms with E-state index in [-0.39, 0.29) is 5.91 Å². The van der Waals surface area contributed by atoms with E-state index in [0.29, 0.717) is 19.4 Å². The van der Waals surface area contributed by atoms with Crippen molar-refractivity contribution in [1.29, 1.82) is 0 Å². The molecule has 1 heterocycles. The van der Waals surface area contributed by atoms with Crippen LogP contribution in [0.4, 0.5) is 11.4 Å². The fourth-order valence-electron chi connectivity index (χ4n) is 2.23. The van der Waals surface area contributed by atoms with Crippen molar-refractivity contribution in [2.75, 3.05) is 23.8 Å². The van der Waals surface area contributed by atoms with E-state index in [1.54, 1.807) is 11.9 Å². The summed E-state index contributed by atoms with van der Waals surface area (Å²) in [4.78, 5) is 24.1. The van der Waals surface area contributed by atoms with Crippen molar-refractivity contribution in [3.8, 4) is 0 Å². The second-order valence-electron chi connectivity index (χ2n) is 4.80. The van der Waals surface area contributed by atoms with E-state index < -0.39 is 11.9 Å². The van der Waals surface area contributed by atoms with Crippen molar-refractivity contribution in [3.05, 3.63) is 23.8 Å². The summed E-state index contributed by atoms with van der Waals surface area (Å²) in [6.45, 7) is 2.26. The van der Waals surface area contributed by atoms with Crippen LogP contribution in [0.5, 0.6) is 0 Å². The van der Waals surface area contributed by atoms with E-state index in [4.69, 9.17) is 5.11 Å². The monoisotopic (exact) mass is 262 g/mol. The smallest absolute Gasteiger partial charge is 0.308 e. The van der Waals surface area contributed by atoms with Crippen LogP contribution in [-0.2, 0) is 16.0 Å². The zero-order valence-corrected chi connectivity index (χ0v) is 11.1. The molecule has 0 aromatic heterocycles. The molecule has 0 saturated heterocycles. The summed E-state index contributed by atoms with van der Waals surface area (Å²) in [5, 5.41) is 12.1. The molecule has 2 rings (SSSR count). The number of benzene rings is 1. The molecule has 5 nitrogen and oxygen atoms in total. The number of hydrogen-bond donors (Lipinski definition) is 2. The van der Waals surface area contributed by atoms with Crippen molar-refractivity contribution >= 4 is 23.3 Å². The number of carbonyl (C=O) groups excluding carboxylic acids is 1. The highest BCUT2D eigenvalue weighted by molar-refractivity contribution is 6.01. The molecule has 0 radical (unpaired) electrons. The Morgan fingerprint density at radius 2 is 2.26 bits per heavy atom. The average Bonchev–Trinajstić information content (AvgIpc) is 2.65. The summed E-state index contributed by atoms with van der Waals surface area (Å²) in [5.41, 5.74) is 2.78. The molecule has 102 valence electrons. The minimum atomic E-state index is -0.786. The first kappa shape index (κ1) is 13.4. The van der Waals surface area contributed by atoms with E-state index in [1.807, 2.05) is 25.1 Å². The van der Waals surface area contributed by atoms with Gasteiger partial charge in [-0.3, -0.25) is 9.59 Å². The van der Waals surface area contributed by atoms with Gasteiger partial charge in [0, 0.05) is 25.0 Å². The third kappa shape index (κ3) is 2.70. The molecular weight excluding hydrogens is 244 g/mol. The van der Waals surface area contributed by atoms with Gasteiger partial charge in [-0.15, -0.1) is 0 Å². The highest BCUT2D eigenvalue weighted by Gasteiger charge is 2.24. The Balaban J connectivity index is 2.06. The van der Waals surface area contributed by atoms with E-state index in [2.05, 4.69) is 5.32 Å². The summed E-state index contributed by atoms with van der Waals surface area (Å²) < 4.78 is 0. The number of amides is 1. The molecular formula is C14H18N2O3. The molecule has 1 amide bonds. The fourth-order valence-corrected chi connectivity index (χ4v) is 2.23. The van der Waals surface area contributed by atoms with Gasteiger partial charge in [-0.25, -0.2) is 0 Å². The molecule has 1 aliphatic heterocycles. The molecule has 1 aliphatic rings. The van der Waals surface area contributed by atoms with Gasteiger partial charge in [0.2, 0.25) is 5.91 Å². The number of likely N-dealkylation sites (N-methyl/N-ethyl adjacent to an activating group) is 1. The fraction of sp³-hybridized carbons (Fsp3) is 0.429. The number of rotatable bonds is 5. The Kier molecular flexibility index (Phi) is 3.74. The molecule has 0 aliphatic carbocycles. The van der Waals surface area contributed by atoms with Gasteiger partial charge < -0.3 is 15.3 Å². The van der Waals surface area contributed by atoms with Crippen LogP contribution in [0.2, 0.25) is 0 Å². The maximum absolute atomic E-state index is 11.6. The lowest BCUT2D eigenvalue weighted by molar-refractivity contribution is -0.141. The van der Waals surface area contributed by atoms with Crippen LogP contribution in [-0.4, -0.2) is 30.6 Å². The third-order valence-corrected chi connectivity index (χ3v) is 3.55. The molecule has 5 heteroatoms. The van der Waals surface area contributed by atoms with Crippen molar-refractivity contribution in [1.82, 2.24) is 0 Å². The Bertz CT molecular complexity index is 513. The zero-order chi connectivity index (χ0) is 14.0. The van der Waals surface area contributed by atoms with E-state index >= 15 is 0 Å². The first-order chi connectivity index (χ1) is 9.02. The van der Waals surface area contributed by atoms with Gasteiger partial charge in [-0.05, 0) is 30.2 Å². The van der Waals surface area contributed by atoms with E-state index in [0.717, 1.165) is 16.9 Å². The lowest BCUT2D eigenvalue weighted by Gasteiger charge is -2.14. The first-order valence-electron chi connectivity index (χ1n) is 6.39. The van der Waals surface area contributed by atoms with Gasteiger partial charge in [-0.2, -0.15) is 0 Å². The third-order valence-electron chi connectivity index (χ3n) is 3.55. The van der Waals surface area contributed by atoms with Gasteiger partial charge in [-0.1, -0.05) is 6.92 Å². The molecule has 1 aromatic carbocycles. The lowest BCUT2D eigenvalue weighted by atomic mass is 10.1. The average molecular weight is 262 g/mol. The second kappa shape index (κ2) is 5.30. The van der Waals surface area contributed by atoms with Crippen molar-refractivity contribution < 1.29 is 14.7 Å². The Morgan fingerprint density at radius 3 is 2.89 bits per heavy atom. The molecule has 0 spiro atoms. The maximum Gasteiger partial charge on any atom is 0.308 e. The number of carboxylic acid groups (broad SMARTS) is 1. The molecule has 0 bridgehead atoms. The zero-order valence-electron chi connectivity index (χ0n) is 11.1. The van der Waals surface area contributed by atoms with Crippen molar-refractivity contribution in [2.45, 2.75) is 19.8 Å². The van der Waals surface area contributed by atoms with Crippen LogP contribution in [0.3, 0.4) is 0 Å². The predicted octanol–water partition coefficient (Wildman–Crippen LogP) is 1.73. The van der Waals surface area contributed by atoms with Crippen LogP contribution >= 0.6 is 0 Å². The number of carboxylic acids is 1. The summed E-state index contributed by atoms with van der Waals surface area (Å²) in [6, 6.07) is 5.69. The minimum absolute atomic E-state index is 0.0871. The predicted molar refractivity (Wildman–Crippen MR) is 73.5 cm³/mol. The van der Waals surface area contributed by atoms with E-state index in [1.165, 1.54) is 0 Å². The van der Waals surface area contributed by atoms with E-state index in [9.17, 15) is 9.59 Å². The van der Waals surface area contributed by atoms with Gasteiger partial charge in [0.1, 0.15) is 0 Å². The van der Waals surface area contributed by atoms with Gasteiger partial charge >= 0.3 is 5.97 Å². The number of aliphatic carboxylic acids is 1. The molecule has 2 N–H and O–H groups in total. The second-order valence-corrected chi connectivity index (χ2v) is 4.80. The van der Waals surface area contributed by atoms with Gasteiger partial charge in [0.15, 0.2) is 0 Å². The highest BCUT2D eigenvalue weighted by Crippen LogP contribution is 2.30. The van der Waals surface area contributed by atoms with Crippen LogP contribution in [0.15, 0.2) is 18.2 Å². The van der Waals surface area contributed by atoms with Gasteiger partial charge in [0.25, 0.3) is 0 Å². The summed E-state index contributed by atoms with van der Waals surface area (Å²) >= 11 is 0. The number of carbonyl (C=O) groups is 2. The van der Waals surface area contributed by atoms with Gasteiger partial charge in [0.05, 0.1) is 12.3 Å². The van der Waals surface area contributed by atoms with Crippen LogP contribution in [0.1, 0.15) is 18.9 Å². The highest BCUT2D eigenvalue weighted by atomic mass is 16.4. The summed E-state index contributed by atoms with van der Waals surface area (Å²) in [6.07, 6.45) is 1.01. The first-order valence-corrected chi connectivity index (χ1v) is 6.39. The molecule has 1 unspecified atom stereocenters. The number of anilines is 2. The van der Waals surface area contributed by atoms with Crippen molar-refractivity contribution in [2.24, 2.45) is 5.92 Å². The number of nitrogens with one attached hydrogen (secondary N) is 1. The summed E-state index contributed by atoms with van der Waals surface area (Å²) in [7, 11) is 1.76. The molecule has 0 saturated carbocycles. The van der Waals surface area contributed by atoms with Crippen LogP contribution < -0.4 is 10.2 Å². The van der Waals surface area contributed by atoms with Crippen LogP contribution in [0, 0.1) is 5.92 Å². The number of nitrogens with zero attached hydrogens (tertiary/aromatic N) is 1. The molecule has 1 aromatic rings. The Hall–Kier alpha value is -2.04. The quantitative estimate of drug-likeness (QED) is 0.848. The lowest BCUT2D eigenvalue weighted by Crippen LogP contribution is -2.22. The SMILES string of the molecule is CCC(CNc1ccc2c(c1)CC(=O)N2C)C(=O)O. The Labute approximate surface area is 112 Å². The molecule has 19 heavy (non-hydrogen) atoms. The topological polar surface area (TPSA) is 69.6 Å². The maximum atomic E-state index is 11.6. The normalized spacial score (nSPS) is 15.3. The summed E-state index contributed by atoms with van der Waals surface area (Å²) in [5.74, 6) is -1.09. The number of hydrogen-bond acceptors (Lipinski definition) is 3.